The van der Waals surface area contributed by atoms with Crippen LogP contribution in [-0.4, -0.2) is 38.8 Å². The first kappa shape index (κ1) is 16.3. The van der Waals surface area contributed by atoms with Crippen LogP contribution >= 0.6 is 0 Å². The van der Waals surface area contributed by atoms with Gasteiger partial charge in [-0.05, 0) is 43.0 Å². The summed E-state index contributed by atoms with van der Waals surface area (Å²) in [5.41, 5.74) is 2.20. The van der Waals surface area contributed by atoms with Crippen LogP contribution in [0.5, 0.6) is 0 Å². The summed E-state index contributed by atoms with van der Waals surface area (Å²) in [5.74, 6) is -0.671. The highest BCUT2D eigenvalue weighted by Gasteiger charge is 2.54. The zero-order chi connectivity index (χ0) is 17.6. The van der Waals surface area contributed by atoms with Crippen molar-refractivity contribution in [3.05, 3.63) is 41.8 Å². The number of aryl methyl sites for hydroxylation is 1. The van der Waals surface area contributed by atoms with Crippen molar-refractivity contribution >= 4 is 5.97 Å². The molecule has 132 valence electrons. The van der Waals surface area contributed by atoms with Crippen LogP contribution in [0.25, 0.3) is 11.3 Å². The molecule has 0 unspecified atom stereocenters. The molecule has 0 bridgehead atoms. The summed E-state index contributed by atoms with van der Waals surface area (Å²) >= 11 is 0. The van der Waals surface area contributed by atoms with Gasteiger partial charge in [0, 0.05) is 44.0 Å². The Balaban J connectivity index is 1.58. The van der Waals surface area contributed by atoms with E-state index in [1.165, 1.54) is 12.1 Å². The second-order valence-electron chi connectivity index (χ2n) is 7.40. The van der Waals surface area contributed by atoms with Crippen LogP contribution < -0.4 is 0 Å². The van der Waals surface area contributed by atoms with Gasteiger partial charge < -0.3 is 5.11 Å². The first-order valence-corrected chi connectivity index (χ1v) is 8.72. The van der Waals surface area contributed by atoms with Crippen molar-refractivity contribution < 1.29 is 14.3 Å². The van der Waals surface area contributed by atoms with Gasteiger partial charge in [-0.1, -0.05) is 6.42 Å². The van der Waals surface area contributed by atoms with Crippen molar-refractivity contribution in [1.82, 2.24) is 14.7 Å². The Morgan fingerprint density at radius 3 is 2.84 bits per heavy atom. The van der Waals surface area contributed by atoms with Crippen LogP contribution in [0.1, 0.15) is 24.8 Å². The molecule has 1 saturated heterocycles. The molecule has 1 saturated carbocycles. The maximum atomic E-state index is 13.2. The number of carboxylic acids is 1. The fourth-order valence-electron chi connectivity index (χ4n) is 4.61. The van der Waals surface area contributed by atoms with Gasteiger partial charge >= 0.3 is 5.97 Å². The van der Waals surface area contributed by atoms with Gasteiger partial charge in [0.2, 0.25) is 0 Å². The molecule has 1 aromatic heterocycles. The Morgan fingerprint density at radius 2 is 2.16 bits per heavy atom. The first-order chi connectivity index (χ1) is 12.0. The van der Waals surface area contributed by atoms with Crippen LogP contribution in [-0.2, 0) is 18.4 Å². The fraction of sp³-hybridized carbons (Fsp3) is 0.474. The summed E-state index contributed by atoms with van der Waals surface area (Å²) < 4.78 is 15.0. The molecule has 2 heterocycles. The topological polar surface area (TPSA) is 58.4 Å². The van der Waals surface area contributed by atoms with Gasteiger partial charge in [-0.15, -0.1) is 0 Å². The van der Waals surface area contributed by atoms with E-state index in [-0.39, 0.29) is 11.7 Å². The quantitative estimate of drug-likeness (QED) is 0.927. The molecule has 2 atom stereocenters. The number of carboxylic acid groups (broad SMARTS) is 1. The highest BCUT2D eigenvalue weighted by molar-refractivity contribution is 5.76. The fourth-order valence-corrected chi connectivity index (χ4v) is 4.61. The van der Waals surface area contributed by atoms with E-state index >= 15 is 0 Å². The van der Waals surface area contributed by atoms with E-state index < -0.39 is 11.4 Å². The number of likely N-dealkylation sites (tertiary alicyclic amines) is 1. The number of benzene rings is 1. The highest BCUT2D eigenvalue weighted by atomic mass is 19.1. The van der Waals surface area contributed by atoms with Gasteiger partial charge in [-0.3, -0.25) is 14.4 Å². The lowest BCUT2D eigenvalue weighted by Crippen LogP contribution is -2.35. The predicted molar refractivity (Wildman–Crippen MR) is 91.3 cm³/mol. The molecule has 0 radical (unpaired) electrons. The van der Waals surface area contributed by atoms with E-state index in [1.807, 2.05) is 13.2 Å². The van der Waals surface area contributed by atoms with E-state index in [9.17, 15) is 14.3 Å². The van der Waals surface area contributed by atoms with Crippen LogP contribution in [0.15, 0.2) is 30.5 Å². The summed E-state index contributed by atoms with van der Waals surface area (Å²) in [7, 11) is 1.87. The average molecular weight is 343 g/mol. The van der Waals surface area contributed by atoms with Gasteiger partial charge in [0.1, 0.15) is 5.82 Å². The largest absolute Gasteiger partial charge is 0.481 e. The lowest BCUT2D eigenvalue weighted by molar-refractivity contribution is -0.149. The molecule has 1 aliphatic carbocycles. The number of halogens is 1. The first-order valence-electron chi connectivity index (χ1n) is 8.72. The van der Waals surface area contributed by atoms with Gasteiger partial charge in [0.15, 0.2) is 0 Å². The molecule has 1 N–H and O–H groups in total. The van der Waals surface area contributed by atoms with Crippen LogP contribution in [0, 0.1) is 17.2 Å². The number of fused-ring (bicyclic) bond motifs is 1. The molecule has 6 heteroatoms. The summed E-state index contributed by atoms with van der Waals surface area (Å²) in [6.45, 7) is 2.10. The van der Waals surface area contributed by atoms with Gasteiger partial charge in [-0.2, -0.15) is 5.10 Å². The number of hydrogen-bond acceptors (Lipinski definition) is 3. The molecule has 1 aromatic carbocycles. The standard InChI is InChI=1S/C19H22FN3O2/c1-22-9-14(17(21-22)13-4-6-16(20)7-5-13)10-23-11-15-3-2-8-19(15,12-23)18(24)25/h4-7,9,15H,2-3,8,10-12H2,1H3,(H,24,25)/t15-,19+/m0/s1. The molecule has 5 nitrogen and oxygen atoms in total. The van der Waals surface area contributed by atoms with Gasteiger partial charge in [0.05, 0.1) is 11.1 Å². The molecule has 2 aliphatic rings. The maximum absolute atomic E-state index is 13.2. The highest BCUT2D eigenvalue weighted by Crippen LogP contribution is 2.49. The second kappa shape index (κ2) is 5.95. The molecule has 1 aliphatic heterocycles. The molecular weight excluding hydrogens is 321 g/mol. The number of aliphatic carboxylic acids is 1. The molecule has 0 amide bonds. The average Bonchev–Trinajstić information content (AvgIpc) is 3.21. The number of aromatic nitrogens is 2. The van der Waals surface area contributed by atoms with Crippen LogP contribution in [0.4, 0.5) is 4.39 Å². The van der Waals surface area contributed by atoms with Crippen molar-refractivity contribution in [2.24, 2.45) is 18.4 Å². The Morgan fingerprint density at radius 1 is 1.40 bits per heavy atom. The number of carbonyl (C=O) groups is 1. The Bertz CT molecular complexity index is 802. The molecule has 2 aromatic rings. The van der Waals surface area contributed by atoms with Crippen molar-refractivity contribution in [2.45, 2.75) is 25.8 Å². The summed E-state index contributed by atoms with van der Waals surface area (Å²) in [5, 5.41) is 14.3. The van der Waals surface area contributed by atoms with E-state index in [4.69, 9.17) is 0 Å². The van der Waals surface area contributed by atoms with Crippen molar-refractivity contribution in [3.8, 4) is 11.3 Å². The SMILES string of the molecule is Cn1cc(CN2C[C@@H]3CCC[C@@]3(C(=O)O)C2)c(-c2ccc(F)cc2)n1. The summed E-state index contributed by atoms with van der Waals surface area (Å²) in [6.07, 6.45) is 4.76. The van der Waals surface area contributed by atoms with Crippen molar-refractivity contribution in [1.29, 1.82) is 0 Å². The van der Waals surface area contributed by atoms with Crippen LogP contribution in [0.3, 0.4) is 0 Å². The third kappa shape index (κ3) is 2.74. The summed E-state index contributed by atoms with van der Waals surface area (Å²) in [6, 6.07) is 6.35. The van der Waals surface area contributed by atoms with Crippen molar-refractivity contribution in [2.75, 3.05) is 13.1 Å². The second-order valence-corrected chi connectivity index (χ2v) is 7.40. The third-order valence-electron chi connectivity index (χ3n) is 5.78. The zero-order valence-electron chi connectivity index (χ0n) is 14.3. The smallest absolute Gasteiger partial charge is 0.311 e. The molecule has 25 heavy (non-hydrogen) atoms. The Hall–Kier alpha value is -2.21. The molecule has 2 fully saturated rings. The van der Waals surface area contributed by atoms with Crippen LogP contribution in [0.2, 0.25) is 0 Å². The summed E-state index contributed by atoms with van der Waals surface area (Å²) in [4.78, 5) is 14.1. The minimum atomic E-state index is -0.651. The number of nitrogens with zero attached hydrogens (tertiary/aromatic N) is 3. The molecular formula is C19H22FN3O2. The predicted octanol–water partition coefficient (Wildman–Crippen LogP) is 2.91. The Kier molecular flexibility index (Phi) is 3.87. The van der Waals surface area contributed by atoms with Gasteiger partial charge in [0.25, 0.3) is 0 Å². The van der Waals surface area contributed by atoms with E-state index in [2.05, 4.69) is 10.00 Å². The third-order valence-corrected chi connectivity index (χ3v) is 5.78. The minimum absolute atomic E-state index is 0.246. The molecule has 0 spiro atoms. The van der Waals surface area contributed by atoms with Gasteiger partial charge in [-0.25, -0.2) is 4.39 Å². The minimum Gasteiger partial charge on any atom is -0.481 e. The van der Waals surface area contributed by atoms with E-state index in [1.54, 1.807) is 16.8 Å². The number of rotatable bonds is 4. The monoisotopic (exact) mass is 343 g/mol. The normalized spacial score (nSPS) is 26.1. The maximum Gasteiger partial charge on any atom is 0.311 e. The van der Waals surface area contributed by atoms with E-state index in [0.717, 1.165) is 42.6 Å². The lowest BCUT2D eigenvalue weighted by Gasteiger charge is -2.23. The zero-order valence-corrected chi connectivity index (χ0v) is 14.3. The number of hydrogen-bond donors (Lipinski definition) is 1. The molecule has 4 rings (SSSR count). The Labute approximate surface area is 146 Å². The van der Waals surface area contributed by atoms with Crippen molar-refractivity contribution in [3.63, 3.8) is 0 Å². The lowest BCUT2D eigenvalue weighted by atomic mass is 9.81. The van der Waals surface area contributed by atoms with E-state index in [0.29, 0.717) is 13.1 Å².